The summed E-state index contributed by atoms with van der Waals surface area (Å²) in [4.78, 5) is 46.4. The minimum atomic E-state index is -0.765. The largest absolute Gasteiger partial charge is 0.339 e. The van der Waals surface area contributed by atoms with E-state index in [1.54, 1.807) is 11.1 Å². The molecular weight excluding hydrogens is 514 g/mol. The number of Topliss-reactive ketones (excluding diaryl/α,β-unsaturated/α-hetero) is 1. The molecule has 2 atom stereocenters. The minimum absolute atomic E-state index is 0.00275. The van der Waals surface area contributed by atoms with Gasteiger partial charge >= 0.3 is 0 Å². The number of rotatable bonds is 7. The third kappa shape index (κ3) is 4.67. The van der Waals surface area contributed by atoms with Gasteiger partial charge in [-0.15, -0.1) is 0 Å². The molecule has 1 aromatic heterocycles. The summed E-state index contributed by atoms with van der Waals surface area (Å²) in [5.41, 5.74) is 3.00. The Balaban J connectivity index is 1.05. The van der Waals surface area contributed by atoms with E-state index in [0.29, 0.717) is 56.4 Å². The Morgan fingerprint density at radius 3 is 2.44 bits per heavy atom. The highest BCUT2D eigenvalue weighted by atomic mass is 16.2. The maximum Gasteiger partial charge on any atom is 0.253 e. The number of piperidine rings is 1. The number of H-pyrrole nitrogens is 1. The van der Waals surface area contributed by atoms with Crippen LogP contribution in [0.5, 0.6) is 0 Å². The van der Waals surface area contributed by atoms with Crippen LogP contribution in [0.3, 0.4) is 0 Å². The van der Waals surface area contributed by atoms with E-state index in [2.05, 4.69) is 27.2 Å². The van der Waals surface area contributed by atoms with Crippen molar-refractivity contribution in [3.05, 3.63) is 96.2 Å². The van der Waals surface area contributed by atoms with Crippen molar-refractivity contribution >= 4 is 34.2 Å². The number of nitrogens with one attached hydrogen (secondary N) is 1. The van der Waals surface area contributed by atoms with Gasteiger partial charge in [-0.25, -0.2) is 0 Å². The molecule has 41 heavy (non-hydrogen) atoms. The molecule has 3 aliphatic rings. The van der Waals surface area contributed by atoms with Crippen LogP contribution in [0.1, 0.15) is 47.5 Å². The minimum Gasteiger partial charge on any atom is -0.339 e. The third-order valence-corrected chi connectivity index (χ3v) is 9.15. The number of carbonyl (C=O) groups is 3. The number of para-hydroxylation sites is 1. The lowest BCUT2D eigenvalue weighted by Crippen LogP contribution is -2.57. The first-order valence-electron chi connectivity index (χ1n) is 14.4. The molecule has 0 bridgehead atoms. The van der Waals surface area contributed by atoms with Crippen LogP contribution in [0.25, 0.3) is 10.9 Å². The molecule has 0 unspecified atom stereocenters. The highest BCUT2D eigenvalue weighted by Gasteiger charge is 2.54. The van der Waals surface area contributed by atoms with Crippen molar-refractivity contribution in [3.8, 4) is 0 Å². The fraction of sp³-hybridized carbons (Fsp3) is 0.333. The smallest absolute Gasteiger partial charge is 0.253 e. The fourth-order valence-corrected chi connectivity index (χ4v) is 6.81. The maximum atomic E-state index is 14.1. The molecule has 2 saturated heterocycles. The van der Waals surface area contributed by atoms with Gasteiger partial charge in [0.15, 0.2) is 5.78 Å². The number of hydrogen-bond acceptors (Lipinski definition) is 5. The summed E-state index contributed by atoms with van der Waals surface area (Å²) in [6.45, 7) is 1.46. The predicted molar refractivity (Wildman–Crippen MR) is 156 cm³/mol. The van der Waals surface area contributed by atoms with Crippen LogP contribution in [-0.4, -0.2) is 69.4 Å². The molecule has 3 heterocycles. The standard InChI is InChI=1S/C33H33N5O3/c39-28(18-25-19-29(25)23-7-3-1-4-8-23)21-37-22-38(27-9-5-2-6-10-27)33(32(37)41)13-15-36(16-14-33)31(40)24-11-12-30-26(17-24)20-34-35-30/h1-12,17,20,25,29H,13-16,18-19,21-22H2,(H,34,35)/t25-,29+/m0/s1. The molecule has 1 N–H and O–H groups in total. The molecule has 208 valence electrons. The second kappa shape index (κ2) is 10.2. The van der Waals surface area contributed by atoms with Gasteiger partial charge in [0.25, 0.3) is 5.91 Å². The van der Waals surface area contributed by atoms with Crippen LogP contribution >= 0.6 is 0 Å². The monoisotopic (exact) mass is 547 g/mol. The number of aromatic nitrogens is 2. The van der Waals surface area contributed by atoms with Crippen LogP contribution in [-0.2, 0) is 9.59 Å². The van der Waals surface area contributed by atoms with Crippen molar-refractivity contribution in [1.29, 1.82) is 0 Å². The second-order valence-corrected chi connectivity index (χ2v) is 11.7. The average Bonchev–Trinajstić information content (AvgIpc) is 3.52. The first-order valence-corrected chi connectivity index (χ1v) is 14.4. The van der Waals surface area contributed by atoms with E-state index in [4.69, 9.17) is 0 Å². The van der Waals surface area contributed by atoms with E-state index in [0.717, 1.165) is 23.0 Å². The van der Waals surface area contributed by atoms with Gasteiger partial charge in [0, 0.05) is 36.1 Å². The summed E-state index contributed by atoms with van der Waals surface area (Å²) in [6, 6.07) is 25.9. The Hall–Kier alpha value is -4.46. The zero-order valence-electron chi connectivity index (χ0n) is 22.9. The summed E-state index contributed by atoms with van der Waals surface area (Å²) in [6.07, 6.45) is 4.28. The van der Waals surface area contributed by atoms with Crippen LogP contribution in [0.4, 0.5) is 5.69 Å². The Morgan fingerprint density at radius 1 is 0.951 bits per heavy atom. The van der Waals surface area contributed by atoms with Gasteiger partial charge in [0.05, 0.1) is 24.9 Å². The quantitative estimate of drug-likeness (QED) is 0.365. The molecule has 1 spiro atoms. The summed E-state index contributed by atoms with van der Waals surface area (Å²) < 4.78 is 0. The molecule has 1 aliphatic carbocycles. The number of anilines is 1. The van der Waals surface area contributed by atoms with E-state index in [1.165, 1.54) is 5.56 Å². The van der Waals surface area contributed by atoms with Crippen LogP contribution in [0.2, 0.25) is 0 Å². The van der Waals surface area contributed by atoms with Crippen LogP contribution in [0.15, 0.2) is 85.1 Å². The normalized spacial score (nSPS) is 21.6. The van der Waals surface area contributed by atoms with E-state index >= 15 is 0 Å². The lowest BCUT2D eigenvalue weighted by Gasteiger charge is -2.43. The van der Waals surface area contributed by atoms with E-state index in [9.17, 15) is 14.4 Å². The highest BCUT2D eigenvalue weighted by Crippen LogP contribution is 2.49. The Bertz CT molecular complexity index is 1590. The molecule has 4 aromatic rings. The van der Waals surface area contributed by atoms with Gasteiger partial charge in [-0.2, -0.15) is 5.10 Å². The van der Waals surface area contributed by atoms with Crippen LogP contribution < -0.4 is 4.90 Å². The van der Waals surface area contributed by atoms with Gasteiger partial charge in [-0.1, -0.05) is 48.5 Å². The fourth-order valence-electron chi connectivity index (χ4n) is 6.81. The molecule has 2 amide bonds. The van der Waals surface area contributed by atoms with Crippen LogP contribution in [0, 0.1) is 5.92 Å². The molecule has 1 saturated carbocycles. The molecule has 7 rings (SSSR count). The zero-order chi connectivity index (χ0) is 28.0. The Morgan fingerprint density at radius 2 is 1.68 bits per heavy atom. The lowest BCUT2D eigenvalue weighted by atomic mass is 9.85. The lowest BCUT2D eigenvalue weighted by molar-refractivity contribution is -0.136. The topological polar surface area (TPSA) is 89.6 Å². The summed E-state index contributed by atoms with van der Waals surface area (Å²) in [5, 5.41) is 7.86. The number of nitrogens with zero attached hydrogens (tertiary/aromatic N) is 4. The molecule has 3 aromatic carbocycles. The zero-order valence-corrected chi connectivity index (χ0v) is 22.9. The molecule has 3 fully saturated rings. The first-order chi connectivity index (χ1) is 20.0. The molecule has 2 aliphatic heterocycles. The molecule has 8 nitrogen and oxygen atoms in total. The number of likely N-dealkylation sites (tertiary alicyclic amines) is 1. The van der Waals surface area contributed by atoms with Crippen molar-refractivity contribution in [2.24, 2.45) is 5.92 Å². The van der Waals surface area contributed by atoms with E-state index < -0.39 is 5.54 Å². The first kappa shape index (κ1) is 25.5. The number of benzene rings is 3. The Kier molecular flexibility index (Phi) is 6.33. The molecule has 8 heteroatoms. The summed E-state index contributed by atoms with van der Waals surface area (Å²) in [7, 11) is 0. The van der Waals surface area contributed by atoms with Crippen molar-refractivity contribution in [2.45, 2.75) is 37.1 Å². The van der Waals surface area contributed by atoms with Gasteiger partial charge in [0.1, 0.15) is 5.54 Å². The van der Waals surface area contributed by atoms with Gasteiger partial charge in [-0.05, 0) is 67.0 Å². The second-order valence-electron chi connectivity index (χ2n) is 11.7. The van der Waals surface area contributed by atoms with Crippen molar-refractivity contribution < 1.29 is 14.4 Å². The van der Waals surface area contributed by atoms with Gasteiger partial charge in [-0.3, -0.25) is 19.5 Å². The molecular formula is C33H33N5O3. The highest BCUT2D eigenvalue weighted by molar-refractivity contribution is 5.99. The third-order valence-electron chi connectivity index (χ3n) is 9.15. The number of carbonyl (C=O) groups excluding carboxylic acids is 3. The summed E-state index contributed by atoms with van der Waals surface area (Å²) in [5.74, 6) is 0.880. The number of fused-ring (bicyclic) bond motifs is 1. The number of aromatic amines is 1. The number of amides is 2. The molecule has 0 radical (unpaired) electrons. The van der Waals surface area contributed by atoms with Gasteiger partial charge < -0.3 is 14.7 Å². The average molecular weight is 548 g/mol. The number of ketones is 1. The maximum absolute atomic E-state index is 14.1. The number of hydrogen-bond donors (Lipinski definition) is 1. The van der Waals surface area contributed by atoms with E-state index in [-0.39, 0.29) is 24.1 Å². The Labute approximate surface area is 238 Å². The predicted octanol–water partition coefficient (Wildman–Crippen LogP) is 4.61. The SMILES string of the molecule is O=C(C[C@H]1C[C@@H]1c1ccccc1)CN1CN(c2ccccc2)C2(CCN(C(=O)c3ccc4[nH]ncc4c3)CC2)C1=O. The van der Waals surface area contributed by atoms with Crippen molar-refractivity contribution in [1.82, 2.24) is 20.0 Å². The summed E-state index contributed by atoms with van der Waals surface area (Å²) >= 11 is 0. The van der Waals surface area contributed by atoms with Crippen molar-refractivity contribution in [3.63, 3.8) is 0 Å². The van der Waals surface area contributed by atoms with Crippen molar-refractivity contribution in [2.75, 3.05) is 31.2 Å². The van der Waals surface area contributed by atoms with Gasteiger partial charge in [0.2, 0.25) is 5.91 Å². The van der Waals surface area contributed by atoms with E-state index in [1.807, 2.05) is 71.6 Å².